The van der Waals surface area contributed by atoms with E-state index in [1.165, 1.54) is 12.1 Å². The second-order valence-corrected chi connectivity index (χ2v) is 4.52. The highest BCUT2D eigenvalue weighted by molar-refractivity contribution is 6.42. The summed E-state index contributed by atoms with van der Waals surface area (Å²) in [4.78, 5) is 11.4. The molecule has 19 heavy (non-hydrogen) atoms. The van der Waals surface area contributed by atoms with Crippen LogP contribution in [0.4, 0.5) is 18.9 Å². The fourth-order valence-corrected chi connectivity index (χ4v) is 2.23. The number of nitrogens with zero attached hydrogens (tertiary/aromatic N) is 2. The van der Waals surface area contributed by atoms with Crippen LogP contribution in [0.15, 0.2) is 29.4 Å². The average molecular weight is 269 g/mol. The second kappa shape index (κ2) is 3.97. The standard InChI is InChI=1S/C12H10F3N3O/c13-12(14,15)8-1-3-9(4-2-8)18-6-7-5-16-11(19)10(7)17-18/h1-4,7H,5-6H2,(H,16,19). The van der Waals surface area contributed by atoms with E-state index in [0.29, 0.717) is 24.5 Å². The van der Waals surface area contributed by atoms with Crippen LogP contribution >= 0.6 is 0 Å². The van der Waals surface area contributed by atoms with Gasteiger partial charge < -0.3 is 5.32 Å². The number of nitrogens with one attached hydrogen (secondary N) is 1. The number of hydrogen-bond acceptors (Lipinski definition) is 3. The van der Waals surface area contributed by atoms with Crippen molar-refractivity contribution in [3.05, 3.63) is 29.8 Å². The van der Waals surface area contributed by atoms with Gasteiger partial charge in [0, 0.05) is 12.5 Å². The van der Waals surface area contributed by atoms with Crippen molar-refractivity contribution in [2.75, 3.05) is 18.1 Å². The van der Waals surface area contributed by atoms with Gasteiger partial charge >= 0.3 is 6.18 Å². The lowest BCUT2D eigenvalue weighted by Gasteiger charge is -2.16. The van der Waals surface area contributed by atoms with E-state index >= 15 is 0 Å². The van der Waals surface area contributed by atoms with Gasteiger partial charge in [-0.1, -0.05) is 0 Å². The van der Waals surface area contributed by atoms with Crippen molar-refractivity contribution in [3.63, 3.8) is 0 Å². The van der Waals surface area contributed by atoms with Gasteiger partial charge in [0.05, 0.1) is 17.8 Å². The second-order valence-electron chi connectivity index (χ2n) is 4.52. The van der Waals surface area contributed by atoms with Crippen molar-refractivity contribution in [1.82, 2.24) is 5.32 Å². The molecule has 1 aromatic carbocycles. The topological polar surface area (TPSA) is 44.7 Å². The SMILES string of the molecule is O=C1NCC2CN(c3ccc(C(F)(F)F)cc3)N=C12. The summed E-state index contributed by atoms with van der Waals surface area (Å²) in [5.74, 6) is -0.172. The highest BCUT2D eigenvalue weighted by atomic mass is 19.4. The third kappa shape index (κ3) is 2.05. The van der Waals surface area contributed by atoms with E-state index in [1.807, 2.05) is 0 Å². The minimum Gasteiger partial charge on any atom is -0.350 e. The van der Waals surface area contributed by atoms with Crippen LogP contribution < -0.4 is 10.3 Å². The summed E-state index contributed by atoms with van der Waals surface area (Å²) in [5.41, 5.74) is 0.323. The lowest BCUT2D eigenvalue weighted by molar-refractivity contribution is -0.137. The van der Waals surface area contributed by atoms with Crippen molar-refractivity contribution in [1.29, 1.82) is 0 Å². The highest BCUT2D eigenvalue weighted by Crippen LogP contribution is 2.31. The average Bonchev–Trinajstić information content (AvgIpc) is 2.91. The van der Waals surface area contributed by atoms with E-state index in [2.05, 4.69) is 10.4 Å². The van der Waals surface area contributed by atoms with Crippen LogP contribution in [0, 0.1) is 5.92 Å². The molecule has 0 aliphatic carbocycles. The first-order valence-electron chi connectivity index (χ1n) is 5.76. The van der Waals surface area contributed by atoms with Crippen LogP contribution in [0.5, 0.6) is 0 Å². The number of halogens is 3. The maximum absolute atomic E-state index is 12.4. The van der Waals surface area contributed by atoms with Gasteiger partial charge in [0.25, 0.3) is 5.91 Å². The Morgan fingerprint density at radius 3 is 2.53 bits per heavy atom. The molecule has 0 spiro atoms. The van der Waals surface area contributed by atoms with E-state index in [0.717, 1.165) is 12.1 Å². The molecule has 2 heterocycles. The fourth-order valence-electron chi connectivity index (χ4n) is 2.23. The normalized spacial score (nSPS) is 22.3. The zero-order valence-corrected chi connectivity index (χ0v) is 9.74. The van der Waals surface area contributed by atoms with Gasteiger partial charge in [0.1, 0.15) is 5.71 Å². The molecule has 1 saturated heterocycles. The Morgan fingerprint density at radius 2 is 1.95 bits per heavy atom. The summed E-state index contributed by atoms with van der Waals surface area (Å²) in [6, 6.07) is 4.77. The van der Waals surface area contributed by atoms with E-state index in [4.69, 9.17) is 0 Å². The molecule has 7 heteroatoms. The molecule has 0 bridgehead atoms. The number of amides is 1. The Morgan fingerprint density at radius 1 is 1.26 bits per heavy atom. The van der Waals surface area contributed by atoms with E-state index in [9.17, 15) is 18.0 Å². The molecule has 2 aliphatic rings. The molecule has 0 saturated carbocycles. The first kappa shape index (κ1) is 12.0. The van der Waals surface area contributed by atoms with Crippen LogP contribution in [-0.2, 0) is 11.0 Å². The van der Waals surface area contributed by atoms with Crippen molar-refractivity contribution in [2.45, 2.75) is 6.18 Å². The van der Waals surface area contributed by atoms with Crippen LogP contribution in [0.3, 0.4) is 0 Å². The van der Waals surface area contributed by atoms with Gasteiger partial charge in [0.15, 0.2) is 0 Å². The van der Waals surface area contributed by atoms with Gasteiger partial charge in [-0.3, -0.25) is 9.80 Å². The lowest BCUT2D eigenvalue weighted by Crippen LogP contribution is -2.23. The van der Waals surface area contributed by atoms with Gasteiger partial charge in [-0.15, -0.1) is 0 Å². The van der Waals surface area contributed by atoms with Gasteiger partial charge in [-0.2, -0.15) is 18.3 Å². The Hall–Kier alpha value is -2.05. The molecule has 100 valence electrons. The van der Waals surface area contributed by atoms with Crippen LogP contribution in [0.1, 0.15) is 5.56 Å². The van der Waals surface area contributed by atoms with Crippen molar-refractivity contribution < 1.29 is 18.0 Å². The summed E-state index contributed by atoms with van der Waals surface area (Å²) in [6.45, 7) is 1.05. The molecule has 1 fully saturated rings. The Labute approximate surface area is 106 Å². The van der Waals surface area contributed by atoms with E-state index in [1.54, 1.807) is 5.01 Å². The first-order valence-corrected chi connectivity index (χ1v) is 5.76. The number of rotatable bonds is 1. The number of fused-ring (bicyclic) bond motifs is 1. The van der Waals surface area contributed by atoms with E-state index in [-0.39, 0.29) is 11.8 Å². The predicted molar refractivity (Wildman–Crippen MR) is 62.7 cm³/mol. The summed E-state index contributed by atoms with van der Waals surface area (Å²) in [7, 11) is 0. The Bertz CT molecular complexity index is 550. The third-order valence-electron chi connectivity index (χ3n) is 3.24. The molecule has 4 nitrogen and oxygen atoms in total. The number of benzene rings is 1. The third-order valence-corrected chi connectivity index (χ3v) is 3.24. The Balaban J connectivity index is 1.83. The maximum Gasteiger partial charge on any atom is 0.416 e. The summed E-state index contributed by atoms with van der Waals surface area (Å²) < 4.78 is 37.3. The maximum atomic E-state index is 12.4. The molecule has 0 radical (unpaired) electrons. The molecule has 1 atom stereocenters. The smallest absolute Gasteiger partial charge is 0.350 e. The molecule has 1 N–H and O–H groups in total. The minimum atomic E-state index is -4.34. The molecular weight excluding hydrogens is 259 g/mol. The zero-order chi connectivity index (χ0) is 13.6. The molecule has 1 aromatic rings. The number of alkyl halides is 3. The van der Waals surface area contributed by atoms with Crippen LogP contribution in [0.25, 0.3) is 0 Å². The predicted octanol–water partition coefficient (Wildman–Crippen LogP) is 1.63. The van der Waals surface area contributed by atoms with Gasteiger partial charge in [0.2, 0.25) is 0 Å². The summed E-state index contributed by atoms with van der Waals surface area (Å²) >= 11 is 0. The molecule has 1 amide bonds. The summed E-state index contributed by atoms with van der Waals surface area (Å²) in [6.07, 6.45) is -4.34. The molecule has 1 unspecified atom stereocenters. The molecule has 0 aromatic heterocycles. The fraction of sp³-hybridized carbons (Fsp3) is 0.333. The number of carbonyl (C=O) groups excluding carboxylic acids is 1. The van der Waals surface area contributed by atoms with Crippen molar-refractivity contribution >= 4 is 17.3 Å². The number of carbonyl (C=O) groups is 1. The monoisotopic (exact) mass is 269 g/mol. The summed E-state index contributed by atoms with van der Waals surface area (Å²) in [5, 5.41) is 8.40. The van der Waals surface area contributed by atoms with Gasteiger partial charge in [-0.05, 0) is 24.3 Å². The number of anilines is 1. The minimum absolute atomic E-state index is 0.0230. The molecule has 3 rings (SSSR count). The zero-order valence-electron chi connectivity index (χ0n) is 9.74. The van der Waals surface area contributed by atoms with Gasteiger partial charge in [-0.25, -0.2) is 0 Å². The van der Waals surface area contributed by atoms with Crippen molar-refractivity contribution in [3.8, 4) is 0 Å². The first-order chi connectivity index (χ1) is 8.95. The van der Waals surface area contributed by atoms with Crippen LogP contribution in [0.2, 0.25) is 0 Å². The largest absolute Gasteiger partial charge is 0.416 e. The van der Waals surface area contributed by atoms with Crippen LogP contribution in [-0.4, -0.2) is 24.7 Å². The highest BCUT2D eigenvalue weighted by Gasteiger charge is 2.37. The molecule has 2 aliphatic heterocycles. The number of hydrogen-bond donors (Lipinski definition) is 1. The van der Waals surface area contributed by atoms with E-state index < -0.39 is 11.7 Å². The Kier molecular flexibility index (Phi) is 2.51. The number of hydrazone groups is 1. The quantitative estimate of drug-likeness (QED) is 0.842. The van der Waals surface area contributed by atoms with Crippen molar-refractivity contribution in [2.24, 2.45) is 11.0 Å². The molecular formula is C12H10F3N3O. The lowest BCUT2D eigenvalue weighted by atomic mass is 10.1.